The summed E-state index contributed by atoms with van der Waals surface area (Å²) in [5, 5.41) is 5.13. The summed E-state index contributed by atoms with van der Waals surface area (Å²) in [6, 6.07) is -2.89. The Hall–Kier alpha value is -2.62. The lowest BCUT2D eigenvalue weighted by Gasteiger charge is -2.36. The van der Waals surface area contributed by atoms with E-state index in [-0.39, 0.29) is 61.8 Å². The normalized spacial score (nSPS) is 27.8. The highest BCUT2D eigenvalue weighted by Crippen LogP contribution is 2.65. The van der Waals surface area contributed by atoms with Crippen LogP contribution in [-0.4, -0.2) is 65.5 Å². The Labute approximate surface area is 211 Å². The fourth-order valence-corrected chi connectivity index (χ4v) is 5.85. The van der Waals surface area contributed by atoms with E-state index < -0.39 is 47.6 Å². The molecule has 1 saturated heterocycles. The van der Waals surface area contributed by atoms with Gasteiger partial charge in [0.05, 0.1) is 12.1 Å². The fourth-order valence-electron chi connectivity index (χ4n) is 5.85. The molecule has 3 amide bonds. The zero-order chi connectivity index (χ0) is 26.8. The SMILES string of the molecule is C=CCCC(NC(=O)[C@@H]1C2C(CN1C(=O)C(N)C1CCC(F)(F)CC1)C2(C)C)C(=O)C(=O)NCC=C. The highest BCUT2D eigenvalue weighted by Gasteiger charge is 2.69. The molecule has 200 valence electrons. The summed E-state index contributed by atoms with van der Waals surface area (Å²) in [7, 11) is 0. The average molecular weight is 509 g/mol. The number of alkyl halides is 2. The van der Waals surface area contributed by atoms with Gasteiger partial charge in [-0.2, -0.15) is 0 Å². The third kappa shape index (κ3) is 5.68. The van der Waals surface area contributed by atoms with Crippen molar-refractivity contribution in [3.63, 3.8) is 0 Å². The molecule has 3 fully saturated rings. The van der Waals surface area contributed by atoms with Crippen LogP contribution in [-0.2, 0) is 19.2 Å². The Balaban J connectivity index is 1.75. The van der Waals surface area contributed by atoms with Crippen molar-refractivity contribution < 1.29 is 28.0 Å². The van der Waals surface area contributed by atoms with E-state index >= 15 is 0 Å². The summed E-state index contributed by atoms with van der Waals surface area (Å²) in [4.78, 5) is 53.4. The van der Waals surface area contributed by atoms with Crippen molar-refractivity contribution in [1.82, 2.24) is 15.5 Å². The van der Waals surface area contributed by atoms with Gasteiger partial charge in [0.2, 0.25) is 23.5 Å². The van der Waals surface area contributed by atoms with Gasteiger partial charge in [-0.3, -0.25) is 19.2 Å². The molecule has 2 aliphatic carbocycles. The number of hydrogen-bond donors (Lipinski definition) is 3. The molecule has 4 unspecified atom stereocenters. The second-order valence-corrected chi connectivity index (χ2v) is 10.9. The van der Waals surface area contributed by atoms with Crippen LogP contribution in [0.25, 0.3) is 0 Å². The second kappa shape index (κ2) is 10.8. The molecule has 0 aromatic heterocycles. The first kappa shape index (κ1) is 28.0. The summed E-state index contributed by atoms with van der Waals surface area (Å²) in [5.41, 5.74) is 6.09. The molecule has 0 radical (unpaired) electrons. The number of nitrogens with two attached hydrogens (primary N) is 1. The lowest BCUT2D eigenvalue weighted by molar-refractivity contribution is -0.145. The number of ketones is 1. The second-order valence-electron chi connectivity index (χ2n) is 10.9. The summed E-state index contributed by atoms with van der Waals surface area (Å²) in [5.74, 6) is -5.67. The van der Waals surface area contributed by atoms with Crippen LogP contribution in [0.3, 0.4) is 0 Å². The van der Waals surface area contributed by atoms with Crippen LogP contribution >= 0.6 is 0 Å². The van der Waals surface area contributed by atoms with Gasteiger partial charge in [0.1, 0.15) is 6.04 Å². The van der Waals surface area contributed by atoms with E-state index in [9.17, 15) is 28.0 Å². The molecular weight excluding hydrogens is 470 g/mol. The van der Waals surface area contributed by atoms with E-state index in [4.69, 9.17) is 5.73 Å². The van der Waals surface area contributed by atoms with Crippen molar-refractivity contribution in [2.45, 2.75) is 76.4 Å². The van der Waals surface area contributed by atoms with E-state index in [1.807, 2.05) is 13.8 Å². The molecule has 0 aromatic carbocycles. The Morgan fingerprint density at radius 3 is 2.36 bits per heavy atom. The van der Waals surface area contributed by atoms with Crippen molar-refractivity contribution in [3.05, 3.63) is 25.3 Å². The van der Waals surface area contributed by atoms with Crippen LogP contribution < -0.4 is 16.4 Å². The highest BCUT2D eigenvalue weighted by atomic mass is 19.3. The highest BCUT2D eigenvalue weighted by molar-refractivity contribution is 6.38. The molecular formula is C26H38F2N4O4. The summed E-state index contributed by atoms with van der Waals surface area (Å²) in [6.07, 6.45) is 3.31. The maximum Gasteiger partial charge on any atom is 0.289 e. The predicted octanol–water partition coefficient (Wildman–Crippen LogP) is 1.94. The smallest absolute Gasteiger partial charge is 0.289 e. The number of amides is 3. The average Bonchev–Trinajstić information content (AvgIpc) is 3.17. The first-order chi connectivity index (χ1) is 16.9. The first-order valence-corrected chi connectivity index (χ1v) is 12.6. The monoisotopic (exact) mass is 508 g/mol. The Kier molecular flexibility index (Phi) is 8.37. The van der Waals surface area contributed by atoms with Crippen molar-refractivity contribution in [1.29, 1.82) is 0 Å². The number of carbonyl (C=O) groups is 4. The van der Waals surface area contributed by atoms with Gasteiger partial charge >= 0.3 is 0 Å². The van der Waals surface area contributed by atoms with Crippen molar-refractivity contribution in [2.75, 3.05) is 13.1 Å². The van der Waals surface area contributed by atoms with Crippen LogP contribution in [0.5, 0.6) is 0 Å². The molecule has 0 aromatic rings. The number of carbonyl (C=O) groups excluding carboxylic acids is 4. The molecule has 10 heteroatoms. The molecule has 3 aliphatic rings. The molecule has 36 heavy (non-hydrogen) atoms. The number of halogens is 2. The maximum absolute atomic E-state index is 13.6. The third-order valence-electron chi connectivity index (χ3n) is 8.24. The van der Waals surface area contributed by atoms with Crippen LogP contribution in [0.4, 0.5) is 8.78 Å². The number of nitrogens with one attached hydrogen (secondary N) is 2. The Morgan fingerprint density at radius 1 is 1.14 bits per heavy atom. The van der Waals surface area contributed by atoms with Gasteiger partial charge in [-0.05, 0) is 48.9 Å². The minimum Gasteiger partial charge on any atom is -0.346 e. The van der Waals surface area contributed by atoms with E-state index in [2.05, 4.69) is 23.8 Å². The molecule has 2 saturated carbocycles. The van der Waals surface area contributed by atoms with Crippen LogP contribution in [0.2, 0.25) is 0 Å². The lowest BCUT2D eigenvalue weighted by atomic mass is 9.81. The predicted molar refractivity (Wildman–Crippen MR) is 131 cm³/mol. The van der Waals surface area contributed by atoms with E-state index in [1.54, 1.807) is 6.08 Å². The number of likely N-dealkylation sites (tertiary alicyclic amines) is 1. The number of rotatable bonds is 11. The minimum absolute atomic E-state index is 0.0957. The number of piperidine rings is 1. The fraction of sp³-hybridized carbons (Fsp3) is 0.692. The largest absolute Gasteiger partial charge is 0.346 e. The quantitative estimate of drug-likeness (QED) is 0.291. The summed E-state index contributed by atoms with van der Waals surface area (Å²) < 4.78 is 27.2. The number of allylic oxidation sites excluding steroid dienone is 1. The molecule has 1 heterocycles. The van der Waals surface area contributed by atoms with Gasteiger partial charge in [-0.25, -0.2) is 8.78 Å². The van der Waals surface area contributed by atoms with E-state index in [0.29, 0.717) is 13.0 Å². The third-order valence-corrected chi connectivity index (χ3v) is 8.24. The summed E-state index contributed by atoms with van der Waals surface area (Å²) in [6.45, 7) is 11.6. The maximum atomic E-state index is 13.6. The zero-order valence-corrected chi connectivity index (χ0v) is 21.1. The molecule has 4 N–H and O–H groups in total. The van der Waals surface area contributed by atoms with Crippen LogP contribution in [0.15, 0.2) is 25.3 Å². The topological polar surface area (TPSA) is 122 Å². The standard InChI is InChI=1S/C26H38F2N4O4/c1-5-7-8-17(21(33)23(35)30-13-6-2)31-22(34)20-18-16(25(18,3)4)14-32(20)24(36)19(29)15-9-11-26(27,28)12-10-15/h5-6,15-20H,1-2,7-14,29H2,3-4H3,(H,30,35)(H,31,34)/t16?,17?,18?,19?,20-/m0/s1. The Bertz CT molecular complexity index is 912. The van der Waals surface area contributed by atoms with Gasteiger partial charge in [0.25, 0.3) is 5.91 Å². The number of fused-ring (bicyclic) bond motifs is 1. The molecule has 0 bridgehead atoms. The van der Waals surface area contributed by atoms with Gasteiger partial charge in [0, 0.05) is 25.9 Å². The lowest BCUT2D eigenvalue weighted by Crippen LogP contribution is -2.58. The van der Waals surface area contributed by atoms with Gasteiger partial charge in [0.15, 0.2) is 0 Å². The van der Waals surface area contributed by atoms with Crippen molar-refractivity contribution >= 4 is 23.5 Å². The Morgan fingerprint density at radius 2 is 1.78 bits per heavy atom. The number of nitrogens with zero attached hydrogens (tertiary/aromatic N) is 1. The van der Waals surface area contributed by atoms with E-state index in [0.717, 1.165) is 0 Å². The molecule has 8 nitrogen and oxygen atoms in total. The number of hydrogen-bond acceptors (Lipinski definition) is 5. The van der Waals surface area contributed by atoms with Gasteiger partial charge in [-0.1, -0.05) is 26.0 Å². The van der Waals surface area contributed by atoms with Gasteiger partial charge < -0.3 is 21.3 Å². The zero-order valence-electron chi connectivity index (χ0n) is 21.1. The number of Topliss-reactive ketones (excluding diaryl/α,β-unsaturated/α-hetero) is 1. The van der Waals surface area contributed by atoms with E-state index in [1.165, 1.54) is 11.0 Å². The molecule has 1 aliphatic heterocycles. The van der Waals surface area contributed by atoms with Crippen LogP contribution in [0, 0.1) is 23.2 Å². The van der Waals surface area contributed by atoms with Crippen LogP contribution in [0.1, 0.15) is 52.4 Å². The van der Waals surface area contributed by atoms with Crippen molar-refractivity contribution in [3.8, 4) is 0 Å². The molecule has 0 spiro atoms. The first-order valence-electron chi connectivity index (χ1n) is 12.6. The van der Waals surface area contributed by atoms with Crippen molar-refractivity contribution in [2.24, 2.45) is 28.9 Å². The van der Waals surface area contributed by atoms with Gasteiger partial charge in [-0.15, -0.1) is 13.2 Å². The minimum atomic E-state index is -2.73. The molecule has 3 rings (SSSR count). The summed E-state index contributed by atoms with van der Waals surface area (Å²) >= 11 is 0. The molecule has 5 atom stereocenters.